The van der Waals surface area contributed by atoms with Gasteiger partial charge < -0.3 is 15.0 Å². The number of aromatic hydroxyl groups is 1. The molecule has 0 fully saturated rings. The van der Waals surface area contributed by atoms with Gasteiger partial charge in [0.1, 0.15) is 5.75 Å². The Morgan fingerprint density at radius 2 is 1.88 bits per heavy atom. The van der Waals surface area contributed by atoms with Crippen LogP contribution < -0.4 is 5.32 Å². The van der Waals surface area contributed by atoms with Crippen LogP contribution in [-0.4, -0.2) is 16.7 Å². The maximum Gasteiger partial charge on any atom is 0.116 e. The smallest absolute Gasteiger partial charge is 0.116 e. The molecule has 0 aliphatic rings. The summed E-state index contributed by atoms with van der Waals surface area (Å²) in [4.78, 5) is 0. The van der Waals surface area contributed by atoms with Crippen LogP contribution in [0.4, 0.5) is 0 Å². The van der Waals surface area contributed by atoms with Gasteiger partial charge in [-0.15, -0.1) is 0 Å². The van der Waals surface area contributed by atoms with Crippen molar-refractivity contribution in [2.45, 2.75) is 32.9 Å². The Morgan fingerprint density at radius 3 is 2.47 bits per heavy atom. The second-order valence-electron chi connectivity index (χ2n) is 4.79. The highest BCUT2D eigenvalue weighted by atomic mass is 16.3. The van der Waals surface area contributed by atoms with Crippen molar-refractivity contribution in [1.29, 1.82) is 0 Å². The van der Waals surface area contributed by atoms with Gasteiger partial charge >= 0.3 is 0 Å². The first-order chi connectivity index (χ1) is 8.04. The van der Waals surface area contributed by atoms with Gasteiger partial charge in [-0.2, -0.15) is 0 Å². The quantitative estimate of drug-likeness (QED) is 0.852. The van der Waals surface area contributed by atoms with E-state index in [9.17, 15) is 5.11 Å². The number of nitrogens with one attached hydrogen (secondary N) is 1. The van der Waals surface area contributed by atoms with Crippen molar-refractivity contribution < 1.29 is 5.11 Å². The largest absolute Gasteiger partial charge is 0.508 e. The highest BCUT2D eigenvalue weighted by Crippen LogP contribution is 2.29. The van der Waals surface area contributed by atoms with Crippen molar-refractivity contribution in [2.75, 3.05) is 7.05 Å². The average molecular weight is 232 g/mol. The normalized spacial score (nSPS) is 13.5. The molecule has 0 saturated heterocycles. The predicted octanol–water partition coefficient (Wildman–Crippen LogP) is 3.21. The molecule has 2 N–H and O–H groups in total. The van der Waals surface area contributed by atoms with Crippen molar-refractivity contribution >= 4 is 10.9 Å². The molecule has 0 spiro atoms. The molecule has 3 nitrogen and oxygen atoms in total. The number of aromatic nitrogens is 1. The minimum Gasteiger partial charge on any atom is -0.508 e. The molecule has 0 radical (unpaired) electrons. The lowest BCUT2D eigenvalue weighted by atomic mass is 10.2. The summed E-state index contributed by atoms with van der Waals surface area (Å²) >= 11 is 0. The summed E-state index contributed by atoms with van der Waals surface area (Å²) in [6, 6.07) is 8.40. The summed E-state index contributed by atoms with van der Waals surface area (Å²) in [5, 5.41) is 13.9. The molecule has 2 aromatic rings. The second-order valence-corrected chi connectivity index (χ2v) is 4.79. The zero-order chi connectivity index (χ0) is 12.6. The number of phenols is 1. The molecule has 1 aromatic heterocycles. The number of hydrogen-bond donors (Lipinski definition) is 2. The Bertz CT molecular complexity index is 528. The molecule has 1 aromatic carbocycles. The summed E-state index contributed by atoms with van der Waals surface area (Å²) in [5.74, 6) is 0.321. The van der Waals surface area contributed by atoms with E-state index in [1.165, 1.54) is 11.2 Å². The molecule has 0 aliphatic carbocycles. The Morgan fingerprint density at radius 1 is 1.18 bits per heavy atom. The standard InChI is InChI=1S/C14H20N2O/c1-9(2)16-13-6-5-12(17)7-11(13)8-14(16)10(3)15-4/h5-10,15,17H,1-4H3. The molecule has 92 valence electrons. The van der Waals surface area contributed by atoms with Gasteiger partial charge in [0.15, 0.2) is 0 Å². The predicted molar refractivity (Wildman–Crippen MR) is 71.5 cm³/mol. The molecule has 17 heavy (non-hydrogen) atoms. The van der Waals surface area contributed by atoms with E-state index >= 15 is 0 Å². The van der Waals surface area contributed by atoms with E-state index in [0.717, 1.165) is 5.39 Å². The van der Waals surface area contributed by atoms with Crippen molar-refractivity contribution in [3.63, 3.8) is 0 Å². The summed E-state index contributed by atoms with van der Waals surface area (Å²) in [6.07, 6.45) is 0. The van der Waals surface area contributed by atoms with Crippen LogP contribution in [0.15, 0.2) is 24.3 Å². The van der Waals surface area contributed by atoms with Crippen molar-refractivity contribution in [3.05, 3.63) is 30.0 Å². The van der Waals surface area contributed by atoms with Crippen LogP contribution in [0.3, 0.4) is 0 Å². The lowest BCUT2D eigenvalue weighted by molar-refractivity contribution is 0.476. The highest BCUT2D eigenvalue weighted by Gasteiger charge is 2.15. The maximum absolute atomic E-state index is 9.54. The fourth-order valence-electron chi connectivity index (χ4n) is 2.30. The molecule has 0 amide bonds. The third-order valence-corrected chi connectivity index (χ3v) is 3.25. The fourth-order valence-corrected chi connectivity index (χ4v) is 2.30. The van der Waals surface area contributed by atoms with Crippen molar-refractivity contribution in [2.24, 2.45) is 0 Å². The van der Waals surface area contributed by atoms with Gasteiger partial charge in [0, 0.05) is 28.7 Å². The Balaban J connectivity index is 2.70. The molecule has 1 atom stereocenters. The van der Waals surface area contributed by atoms with Gasteiger partial charge in [0.25, 0.3) is 0 Å². The molecule has 0 aliphatic heterocycles. The molecule has 1 heterocycles. The van der Waals surface area contributed by atoms with Gasteiger partial charge in [0.05, 0.1) is 0 Å². The molecule has 0 saturated carbocycles. The zero-order valence-corrected chi connectivity index (χ0v) is 10.9. The molecule has 2 rings (SSSR count). The number of phenolic OH excluding ortho intramolecular Hbond substituents is 1. The van der Waals surface area contributed by atoms with Crippen LogP contribution in [-0.2, 0) is 0 Å². The first kappa shape index (κ1) is 12.0. The van der Waals surface area contributed by atoms with Gasteiger partial charge in [-0.3, -0.25) is 0 Å². The van der Waals surface area contributed by atoms with Crippen LogP contribution in [0, 0.1) is 0 Å². The number of nitrogens with zero attached hydrogens (tertiary/aromatic N) is 1. The molecule has 1 unspecified atom stereocenters. The summed E-state index contributed by atoms with van der Waals surface area (Å²) < 4.78 is 2.32. The van der Waals surface area contributed by atoms with Crippen LogP contribution in [0.1, 0.15) is 38.5 Å². The van der Waals surface area contributed by atoms with Crippen molar-refractivity contribution in [3.8, 4) is 5.75 Å². The SMILES string of the molecule is CNC(C)c1cc2cc(O)ccc2n1C(C)C. The van der Waals surface area contributed by atoms with E-state index < -0.39 is 0 Å². The van der Waals surface area contributed by atoms with Gasteiger partial charge in [-0.05, 0) is 52.1 Å². The maximum atomic E-state index is 9.54. The topological polar surface area (TPSA) is 37.2 Å². The van der Waals surface area contributed by atoms with E-state index in [2.05, 4.69) is 36.7 Å². The number of benzene rings is 1. The van der Waals surface area contributed by atoms with Gasteiger partial charge in [-0.1, -0.05) is 0 Å². The summed E-state index contributed by atoms with van der Waals surface area (Å²) in [7, 11) is 1.96. The fraction of sp³-hybridized carbons (Fsp3) is 0.429. The Hall–Kier alpha value is -1.48. The lowest BCUT2D eigenvalue weighted by Crippen LogP contribution is -2.17. The molecular formula is C14H20N2O. The number of rotatable bonds is 3. The highest BCUT2D eigenvalue weighted by molar-refractivity contribution is 5.83. The molecular weight excluding hydrogens is 212 g/mol. The minimum absolute atomic E-state index is 0.298. The first-order valence-electron chi connectivity index (χ1n) is 6.05. The van der Waals surface area contributed by atoms with E-state index in [1.54, 1.807) is 6.07 Å². The number of hydrogen-bond acceptors (Lipinski definition) is 2. The zero-order valence-electron chi connectivity index (χ0n) is 10.9. The third-order valence-electron chi connectivity index (χ3n) is 3.25. The summed E-state index contributed by atoms with van der Waals surface area (Å²) in [6.45, 7) is 6.50. The Labute approximate surface area is 102 Å². The first-order valence-corrected chi connectivity index (χ1v) is 6.05. The minimum atomic E-state index is 0.298. The van der Waals surface area contributed by atoms with Gasteiger partial charge in [-0.25, -0.2) is 0 Å². The van der Waals surface area contributed by atoms with Crippen LogP contribution in [0.25, 0.3) is 10.9 Å². The van der Waals surface area contributed by atoms with Crippen LogP contribution >= 0.6 is 0 Å². The summed E-state index contributed by atoms with van der Waals surface area (Å²) in [5.41, 5.74) is 2.43. The average Bonchev–Trinajstić information content (AvgIpc) is 2.66. The van der Waals surface area contributed by atoms with Crippen LogP contribution in [0.5, 0.6) is 5.75 Å². The third kappa shape index (κ3) is 2.03. The number of fused-ring (bicyclic) bond motifs is 1. The van der Waals surface area contributed by atoms with E-state index in [1.807, 2.05) is 19.2 Å². The van der Waals surface area contributed by atoms with E-state index in [0.29, 0.717) is 17.8 Å². The lowest BCUT2D eigenvalue weighted by Gasteiger charge is -2.18. The monoisotopic (exact) mass is 232 g/mol. The second kappa shape index (κ2) is 4.41. The van der Waals surface area contributed by atoms with Crippen molar-refractivity contribution in [1.82, 2.24) is 9.88 Å². The van der Waals surface area contributed by atoms with E-state index in [4.69, 9.17) is 0 Å². The molecule has 3 heteroatoms. The van der Waals surface area contributed by atoms with E-state index in [-0.39, 0.29) is 0 Å². The van der Waals surface area contributed by atoms with Gasteiger partial charge in [0.2, 0.25) is 0 Å². The Kier molecular flexibility index (Phi) is 3.11. The van der Waals surface area contributed by atoms with Crippen LogP contribution in [0.2, 0.25) is 0 Å². The molecule has 0 bridgehead atoms.